The maximum absolute atomic E-state index is 13.1. The molecule has 0 fully saturated rings. The van der Waals surface area contributed by atoms with Gasteiger partial charge >= 0.3 is 0 Å². The van der Waals surface area contributed by atoms with Gasteiger partial charge < -0.3 is 5.73 Å². The zero-order chi connectivity index (χ0) is 17.9. The predicted molar refractivity (Wildman–Crippen MR) is 102 cm³/mol. The van der Waals surface area contributed by atoms with Crippen LogP contribution in [0.25, 0.3) is 0 Å². The van der Waals surface area contributed by atoms with E-state index in [4.69, 9.17) is 5.73 Å². The number of benzene rings is 2. The molecule has 1 amide bonds. The number of nitrogens with zero attached hydrogens (tertiary/aromatic N) is 3. The molecule has 1 aliphatic heterocycles. The van der Waals surface area contributed by atoms with Gasteiger partial charge in [0.1, 0.15) is 0 Å². The van der Waals surface area contributed by atoms with Crippen molar-refractivity contribution >= 4 is 17.3 Å². The molecule has 0 saturated carbocycles. The Morgan fingerprint density at radius 1 is 1.04 bits per heavy atom. The summed E-state index contributed by atoms with van der Waals surface area (Å²) in [7, 11) is 0. The molecular weight excluding hydrogens is 324 g/mol. The molecule has 1 aliphatic rings. The van der Waals surface area contributed by atoms with Gasteiger partial charge in [-0.1, -0.05) is 36.4 Å². The molecule has 0 saturated heterocycles. The first-order valence-corrected chi connectivity index (χ1v) is 8.44. The third-order valence-corrected chi connectivity index (χ3v) is 4.43. The first-order chi connectivity index (χ1) is 12.7. The molecule has 0 spiro atoms. The second-order valence-electron chi connectivity index (χ2n) is 6.19. The lowest BCUT2D eigenvalue weighted by molar-refractivity contribution is 0.0711. The second kappa shape index (κ2) is 6.80. The third-order valence-electron chi connectivity index (χ3n) is 4.43. The Hall–Kier alpha value is -3.47. The number of amides is 1. The van der Waals surface area contributed by atoms with E-state index in [1.807, 2.05) is 54.6 Å². The number of hydrogen-bond acceptors (Lipinski definition) is 4. The number of aromatic nitrogens is 1. The van der Waals surface area contributed by atoms with Gasteiger partial charge in [0.15, 0.2) is 0 Å². The highest BCUT2D eigenvalue weighted by atomic mass is 16.2. The molecule has 1 unspecified atom stereocenters. The SMILES string of the molecule is Nc1cccc(C2CC(c3cccnc3)=NN2C(=O)c2ccccc2)c1. The molecular formula is C21H18N4O. The van der Waals surface area contributed by atoms with Crippen LogP contribution in [0.1, 0.15) is 33.9 Å². The van der Waals surface area contributed by atoms with Gasteiger partial charge in [0.05, 0.1) is 11.8 Å². The Morgan fingerprint density at radius 2 is 1.88 bits per heavy atom. The van der Waals surface area contributed by atoms with Crippen molar-refractivity contribution in [2.75, 3.05) is 5.73 Å². The highest BCUT2D eigenvalue weighted by molar-refractivity contribution is 6.04. The molecule has 5 nitrogen and oxygen atoms in total. The topological polar surface area (TPSA) is 71.6 Å². The van der Waals surface area contributed by atoms with E-state index in [1.54, 1.807) is 29.5 Å². The van der Waals surface area contributed by atoms with Crippen molar-refractivity contribution in [3.63, 3.8) is 0 Å². The summed E-state index contributed by atoms with van der Waals surface area (Å²) in [4.78, 5) is 17.2. The monoisotopic (exact) mass is 342 g/mol. The van der Waals surface area contributed by atoms with Crippen LogP contribution < -0.4 is 5.73 Å². The molecule has 4 rings (SSSR count). The Bertz CT molecular complexity index is 954. The zero-order valence-electron chi connectivity index (χ0n) is 14.1. The van der Waals surface area contributed by atoms with Crippen molar-refractivity contribution in [1.29, 1.82) is 0 Å². The number of hydrazone groups is 1. The van der Waals surface area contributed by atoms with E-state index in [2.05, 4.69) is 10.1 Å². The van der Waals surface area contributed by atoms with E-state index in [1.165, 1.54) is 0 Å². The lowest BCUT2D eigenvalue weighted by Gasteiger charge is -2.22. The van der Waals surface area contributed by atoms with E-state index in [0.717, 1.165) is 16.8 Å². The van der Waals surface area contributed by atoms with Gasteiger partial charge in [-0.25, -0.2) is 5.01 Å². The number of nitrogen functional groups attached to an aromatic ring is 1. The summed E-state index contributed by atoms with van der Waals surface area (Å²) in [5, 5.41) is 6.20. The van der Waals surface area contributed by atoms with Crippen LogP contribution in [0.5, 0.6) is 0 Å². The van der Waals surface area contributed by atoms with Crippen LogP contribution in [0.15, 0.2) is 84.2 Å². The summed E-state index contributed by atoms with van der Waals surface area (Å²) in [6, 6.07) is 20.5. The highest BCUT2D eigenvalue weighted by Gasteiger charge is 2.33. The van der Waals surface area contributed by atoms with Gasteiger partial charge in [-0.3, -0.25) is 9.78 Å². The van der Waals surface area contributed by atoms with E-state index in [0.29, 0.717) is 17.7 Å². The van der Waals surface area contributed by atoms with Gasteiger partial charge in [-0.05, 0) is 35.9 Å². The minimum Gasteiger partial charge on any atom is -0.399 e. The molecule has 26 heavy (non-hydrogen) atoms. The molecule has 3 aromatic rings. The molecule has 128 valence electrons. The van der Waals surface area contributed by atoms with Crippen LogP contribution >= 0.6 is 0 Å². The first kappa shape index (κ1) is 16.0. The molecule has 0 aliphatic carbocycles. The smallest absolute Gasteiger partial charge is 0.274 e. The summed E-state index contributed by atoms with van der Waals surface area (Å²) >= 11 is 0. The standard InChI is InChI=1S/C21H18N4O/c22-18-10-4-8-16(12-18)20-13-19(17-9-5-11-23-14-17)24-25(20)21(26)15-6-2-1-3-7-15/h1-12,14,20H,13,22H2. The molecule has 2 aromatic carbocycles. The van der Waals surface area contributed by atoms with Crippen LogP contribution in [0, 0.1) is 0 Å². The van der Waals surface area contributed by atoms with E-state index < -0.39 is 0 Å². The fraction of sp³-hybridized carbons (Fsp3) is 0.0952. The first-order valence-electron chi connectivity index (χ1n) is 8.44. The zero-order valence-corrected chi connectivity index (χ0v) is 14.1. The molecule has 2 heterocycles. The third kappa shape index (κ3) is 3.07. The quantitative estimate of drug-likeness (QED) is 0.739. The van der Waals surface area contributed by atoms with Crippen LogP contribution in [0.3, 0.4) is 0 Å². The number of carbonyl (C=O) groups is 1. The summed E-state index contributed by atoms with van der Waals surface area (Å²) in [6.07, 6.45) is 4.11. The maximum Gasteiger partial charge on any atom is 0.274 e. The normalized spacial score (nSPS) is 16.4. The minimum absolute atomic E-state index is 0.128. The summed E-state index contributed by atoms with van der Waals surface area (Å²) in [6.45, 7) is 0. The minimum atomic E-state index is -0.193. The fourth-order valence-corrected chi connectivity index (χ4v) is 3.14. The van der Waals surface area contributed by atoms with Crippen LogP contribution in [-0.4, -0.2) is 21.6 Å². The highest BCUT2D eigenvalue weighted by Crippen LogP contribution is 2.34. The van der Waals surface area contributed by atoms with Crippen LogP contribution in [0.2, 0.25) is 0 Å². The van der Waals surface area contributed by atoms with Crippen molar-refractivity contribution < 1.29 is 4.79 Å². The van der Waals surface area contributed by atoms with Crippen molar-refractivity contribution in [3.05, 3.63) is 95.8 Å². The number of anilines is 1. The number of hydrogen-bond donors (Lipinski definition) is 1. The molecule has 5 heteroatoms. The maximum atomic E-state index is 13.1. The van der Waals surface area contributed by atoms with Gasteiger partial charge in [0, 0.05) is 35.6 Å². The van der Waals surface area contributed by atoms with E-state index in [-0.39, 0.29) is 11.9 Å². The summed E-state index contributed by atoms with van der Waals surface area (Å²) < 4.78 is 0. The average molecular weight is 342 g/mol. The molecule has 1 aromatic heterocycles. The Balaban J connectivity index is 1.74. The molecule has 0 bridgehead atoms. The Kier molecular flexibility index (Phi) is 4.19. The van der Waals surface area contributed by atoms with Gasteiger partial charge in [-0.15, -0.1) is 0 Å². The summed E-state index contributed by atoms with van der Waals surface area (Å²) in [5.74, 6) is -0.128. The fourth-order valence-electron chi connectivity index (χ4n) is 3.14. The van der Waals surface area contributed by atoms with Crippen LogP contribution in [0.4, 0.5) is 5.69 Å². The average Bonchev–Trinajstić information content (AvgIpc) is 3.14. The number of nitrogens with two attached hydrogens (primary N) is 1. The van der Waals surface area contributed by atoms with Crippen molar-refractivity contribution in [1.82, 2.24) is 9.99 Å². The lowest BCUT2D eigenvalue weighted by atomic mass is 9.98. The second-order valence-corrected chi connectivity index (χ2v) is 6.19. The Morgan fingerprint density at radius 3 is 2.62 bits per heavy atom. The van der Waals surface area contributed by atoms with Crippen molar-refractivity contribution in [3.8, 4) is 0 Å². The van der Waals surface area contributed by atoms with E-state index >= 15 is 0 Å². The van der Waals surface area contributed by atoms with Crippen LogP contribution in [-0.2, 0) is 0 Å². The summed E-state index contributed by atoms with van der Waals surface area (Å²) in [5.41, 5.74) is 9.97. The lowest BCUT2D eigenvalue weighted by Crippen LogP contribution is -2.27. The van der Waals surface area contributed by atoms with Gasteiger partial charge in [0.25, 0.3) is 5.91 Å². The predicted octanol–water partition coefficient (Wildman–Crippen LogP) is 3.66. The largest absolute Gasteiger partial charge is 0.399 e. The van der Waals surface area contributed by atoms with Gasteiger partial charge in [0.2, 0.25) is 0 Å². The van der Waals surface area contributed by atoms with E-state index in [9.17, 15) is 4.79 Å². The number of pyridine rings is 1. The Labute approximate surface area is 151 Å². The molecule has 0 radical (unpaired) electrons. The van der Waals surface area contributed by atoms with Crippen molar-refractivity contribution in [2.45, 2.75) is 12.5 Å². The van der Waals surface area contributed by atoms with Crippen molar-refractivity contribution in [2.24, 2.45) is 5.10 Å². The number of carbonyl (C=O) groups excluding carboxylic acids is 1. The molecule has 2 N–H and O–H groups in total. The molecule has 1 atom stereocenters. The van der Waals surface area contributed by atoms with Gasteiger partial charge in [-0.2, -0.15) is 5.10 Å². The number of rotatable bonds is 3.